The topological polar surface area (TPSA) is 9.23 Å². The van der Waals surface area contributed by atoms with Gasteiger partial charge in [-0.3, -0.25) is 0 Å². The Morgan fingerprint density at radius 2 is 0.842 bits per heavy atom. The van der Waals surface area contributed by atoms with Crippen LogP contribution in [0, 0.1) is 0 Å². The Balaban J connectivity index is 2.93. The zero-order chi connectivity index (χ0) is 29.4. The van der Waals surface area contributed by atoms with Gasteiger partial charge in [-0.1, -0.05) is 0 Å². The van der Waals surface area contributed by atoms with Crippen LogP contribution in [-0.4, -0.2) is 65.1 Å². The molecular weight excluding hydrogens is 665 g/mol. The van der Waals surface area contributed by atoms with E-state index in [1.54, 1.807) is 0 Å². The Kier molecular flexibility index (Phi) is 9.09. The van der Waals surface area contributed by atoms with Crippen molar-refractivity contribution < 1.29 is 64.5 Å². The molecule has 2 rings (SSSR count). The summed E-state index contributed by atoms with van der Waals surface area (Å²) in [5, 5.41) is 0. The number of hydrogen-bond acceptors (Lipinski definition) is 1. The van der Waals surface area contributed by atoms with Crippen LogP contribution in [0.1, 0.15) is 18.1 Å². The molecule has 214 valence electrons. The first-order valence-corrected chi connectivity index (χ1v) is 15.0. The zero-order valence-corrected chi connectivity index (χ0v) is 22.3. The van der Waals surface area contributed by atoms with Gasteiger partial charge in [0.2, 0.25) is 0 Å². The summed E-state index contributed by atoms with van der Waals surface area (Å²) in [6, 6.07) is 11.1. The van der Waals surface area contributed by atoms with Crippen LogP contribution < -0.4 is 0 Å². The summed E-state index contributed by atoms with van der Waals surface area (Å²) in [4.78, 5) is 0. The average Bonchev–Trinajstić information content (AvgIpc) is 2.87. The summed E-state index contributed by atoms with van der Waals surface area (Å²) >= 11 is -8.61. The molecule has 0 aromatic heterocycles. The molecule has 0 unspecified atom stereocenters. The monoisotopic (exact) mass is 684 g/mol. The summed E-state index contributed by atoms with van der Waals surface area (Å²) in [7, 11) is 0. The minimum atomic E-state index is -8.61. The van der Waals surface area contributed by atoms with Crippen molar-refractivity contribution in [2.45, 2.75) is 44.1 Å². The number of benzene rings is 2. The molecule has 0 bridgehead atoms. The van der Waals surface area contributed by atoms with Gasteiger partial charge in [-0.15, -0.1) is 0 Å². The predicted octanol–water partition coefficient (Wildman–Crippen LogP) is 7.52. The molecule has 38 heavy (non-hydrogen) atoms. The van der Waals surface area contributed by atoms with Gasteiger partial charge in [-0.2, -0.15) is 0 Å². The van der Waals surface area contributed by atoms with Crippen LogP contribution in [0.15, 0.2) is 60.7 Å². The molecule has 0 saturated heterocycles. The third-order valence-electron chi connectivity index (χ3n) is 5.75. The Morgan fingerprint density at radius 1 is 0.553 bits per heavy atom. The molecule has 0 aliphatic rings. The van der Waals surface area contributed by atoms with Crippen molar-refractivity contribution in [1.82, 2.24) is 0 Å². The van der Waals surface area contributed by atoms with Gasteiger partial charge in [0.05, 0.1) is 0 Å². The van der Waals surface area contributed by atoms with Crippen molar-refractivity contribution in [2.75, 3.05) is 13.3 Å². The Labute approximate surface area is 214 Å². The van der Waals surface area contributed by atoms with Crippen LogP contribution >= 0.6 is 0 Å². The molecule has 0 saturated carbocycles. The van der Waals surface area contributed by atoms with Crippen molar-refractivity contribution in [3.05, 3.63) is 71.8 Å². The van der Waals surface area contributed by atoms with Crippen molar-refractivity contribution in [1.29, 1.82) is 0 Å². The fourth-order valence-electron chi connectivity index (χ4n) is 3.41. The number of rotatable bonds is 12. The Hall–Kier alpha value is -1.78. The SMILES string of the molecule is CC([O][SnH]([C](F)(F)C(F)(F)C(F)(F)CF)[C](F)(F)C(F)(F)C(F)(F)CF)(c1ccccc1)c1ccccc1. The van der Waals surface area contributed by atoms with Crippen LogP contribution in [-0.2, 0) is 8.68 Å². The first kappa shape index (κ1) is 32.4. The zero-order valence-electron chi connectivity index (χ0n) is 19.0. The fourth-order valence-corrected chi connectivity index (χ4v) is 10.8. The molecule has 0 aliphatic carbocycles. The van der Waals surface area contributed by atoms with Crippen LogP contribution in [0.3, 0.4) is 0 Å². The van der Waals surface area contributed by atoms with Crippen molar-refractivity contribution in [3.63, 3.8) is 0 Å². The summed E-state index contributed by atoms with van der Waals surface area (Å²) in [5.41, 5.74) is -3.67. The molecule has 2 aromatic carbocycles. The second-order valence-electron chi connectivity index (χ2n) is 8.33. The van der Waals surface area contributed by atoms with Gasteiger partial charge < -0.3 is 0 Å². The quantitative estimate of drug-likeness (QED) is 0.166. The van der Waals surface area contributed by atoms with Gasteiger partial charge in [-0.05, 0) is 0 Å². The Morgan fingerprint density at radius 3 is 1.11 bits per heavy atom. The number of halogens is 14. The van der Waals surface area contributed by atoms with Crippen molar-refractivity contribution in [2.24, 2.45) is 0 Å². The molecule has 0 atom stereocenters. The van der Waals surface area contributed by atoms with E-state index in [2.05, 4.69) is 3.07 Å². The summed E-state index contributed by atoms with van der Waals surface area (Å²) in [6.07, 6.45) is 0. The number of alkyl halides is 14. The van der Waals surface area contributed by atoms with Gasteiger partial charge in [-0.25, -0.2) is 0 Å². The molecule has 0 heterocycles. The van der Waals surface area contributed by atoms with Gasteiger partial charge in [0.25, 0.3) is 0 Å². The summed E-state index contributed by atoms with van der Waals surface area (Å²) in [6.45, 7) is -6.44. The second kappa shape index (κ2) is 10.7. The van der Waals surface area contributed by atoms with Crippen LogP contribution in [0.4, 0.5) is 61.5 Å². The maximum absolute atomic E-state index is 15.0. The fraction of sp³-hybridized carbons (Fsp3) is 0.455. The van der Waals surface area contributed by atoms with E-state index < -0.39 is 81.8 Å². The average molecular weight is 683 g/mol. The third kappa shape index (κ3) is 5.20. The molecular formula is C22H18F14OSn. The van der Waals surface area contributed by atoms with E-state index >= 15 is 17.6 Å². The van der Waals surface area contributed by atoms with Gasteiger partial charge in [0.1, 0.15) is 0 Å². The van der Waals surface area contributed by atoms with E-state index in [1.807, 2.05) is 0 Å². The molecule has 0 spiro atoms. The van der Waals surface area contributed by atoms with Crippen LogP contribution in [0.2, 0.25) is 0 Å². The van der Waals surface area contributed by atoms with Crippen molar-refractivity contribution >= 4 is 20.2 Å². The first-order valence-electron chi connectivity index (χ1n) is 10.3. The van der Waals surface area contributed by atoms with E-state index in [9.17, 15) is 43.9 Å². The molecule has 1 nitrogen and oxygen atoms in total. The van der Waals surface area contributed by atoms with Gasteiger partial charge in [0, 0.05) is 0 Å². The summed E-state index contributed by atoms with van der Waals surface area (Å²) in [5.74, 6) is -27.0. The second-order valence-corrected chi connectivity index (χ2v) is 15.3. The molecule has 0 N–H and O–H groups in total. The van der Waals surface area contributed by atoms with Crippen LogP contribution in [0.25, 0.3) is 0 Å². The van der Waals surface area contributed by atoms with Crippen LogP contribution in [0.5, 0.6) is 0 Å². The molecule has 0 fully saturated rings. The van der Waals surface area contributed by atoms with E-state index in [0.29, 0.717) is 6.92 Å². The molecule has 0 radical (unpaired) electrons. The molecule has 2 aromatic rings. The maximum atomic E-state index is 15.0. The third-order valence-corrected chi connectivity index (χ3v) is 13.6. The van der Waals surface area contributed by atoms with Gasteiger partial charge in [0.15, 0.2) is 0 Å². The normalized spacial score (nSPS) is 14.7. The van der Waals surface area contributed by atoms with E-state index in [1.165, 1.54) is 12.1 Å². The standard InChI is InChI=1S/C14H13O.2C4H2F7.Sn.H/c1-14(15,12-8-4-2-5-9-12)13-10-6-3-7-11-13;2*5-1-3(8,9)4(10,11)2(6)7;;/h2-11H,1H3;2*1H2;;/q-1;;;+1;. The van der Waals surface area contributed by atoms with Gasteiger partial charge >= 0.3 is 214 Å². The van der Waals surface area contributed by atoms with E-state index in [-0.39, 0.29) is 0 Å². The Bertz CT molecular complexity index is 983. The summed E-state index contributed by atoms with van der Waals surface area (Å²) < 4.78 is 188. The molecule has 0 amide bonds. The molecule has 0 aliphatic heterocycles. The molecule has 16 heteroatoms. The number of hydrogen-bond donors (Lipinski definition) is 0. The minimum absolute atomic E-state index is 0.430. The van der Waals surface area contributed by atoms with E-state index in [0.717, 1.165) is 48.5 Å². The van der Waals surface area contributed by atoms with Crippen molar-refractivity contribution in [3.8, 4) is 0 Å². The van der Waals surface area contributed by atoms with E-state index in [4.69, 9.17) is 0 Å². The first-order chi connectivity index (χ1) is 17.2. The predicted molar refractivity (Wildman–Crippen MR) is 109 cm³/mol.